The summed E-state index contributed by atoms with van der Waals surface area (Å²) in [5.74, 6) is 0.654. The zero-order valence-corrected chi connectivity index (χ0v) is 13.3. The largest absolute Gasteiger partial charge is 0.385 e. The predicted molar refractivity (Wildman–Crippen MR) is 77.7 cm³/mol. The van der Waals surface area contributed by atoms with Gasteiger partial charge < -0.3 is 10.1 Å². The van der Waals surface area contributed by atoms with Crippen LogP contribution in [0.25, 0.3) is 0 Å². The Morgan fingerprint density at radius 3 is 2.45 bits per heavy atom. The zero-order chi connectivity index (χ0) is 15.4. The smallest absolute Gasteiger partial charge is 0.290 e. The Morgan fingerprint density at radius 2 is 1.95 bits per heavy atom. The van der Waals surface area contributed by atoms with Gasteiger partial charge in [0.15, 0.2) is 0 Å². The Hall–Kier alpha value is -1.43. The average Bonchev–Trinajstić information content (AvgIpc) is 2.83. The van der Waals surface area contributed by atoms with Gasteiger partial charge in [-0.1, -0.05) is 34.6 Å². The van der Waals surface area contributed by atoms with E-state index >= 15 is 0 Å². The maximum absolute atomic E-state index is 12.0. The number of H-pyrrole nitrogens is 1. The fourth-order valence-electron chi connectivity index (χ4n) is 1.56. The quantitative estimate of drug-likeness (QED) is 0.835. The standard InChI is InChI=1S/C14H26N4O2/c1-13(2,3)12-16-10(17-18-12)11(19)15-9-14(4,5)7-8-20-6/h7-9H2,1-6H3,(H,15,19)(H,16,17,18). The summed E-state index contributed by atoms with van der Waals surface area (Å²) in [6.45, 7) is 11.5. The Bertz CT molecular complexity index is 446. The number of nitrogens with one attached hydrogen (secondary N) is 2. The van der Waals surface area contributed by atoms with Crippen LogP contribution in [0.2, 0.25) is 0 Å². The topological polar surface area (TPSA) is 79.9 Å². The first-order valence-corrected chi connectivity index (χ1v) is 6.86. The van der Waals surface area contributed by atoms with E-state index in [0.717, 1.165) is 6.42 Å². The molecule has 6 nitrogen and oxygen atoms in total. The number of ether oxygens (including phenoxy) is 1. The van der Waals surface area contributed by atoms with E-state index in [-0.39, 0.29) is 22.6 Å². The van der Waals surface area contributed by atoms with Crippen molar-refractivity contribution in [1.29, 1.82) is 0 Å². The molecule has 0 spiro atoms. The van der Waals surface area contributed by atoms with E-state index in [2.05, 4.69) is 34.3 Å². The monoisotopic (exact) mass is 282 g/mol. The maximum Gasteiger partial charge on any atom is 0.290 e. The number of carbonyl (C=O) groups is 1. The number of nitrogens with zero attached hydrogens (tertiary/aromatic N) is 2. The zero-order valence-electron chi connectivity index (χ0n) is 13.3. The summed E-state index contributed by atoms with van der Waals surface area (Å²) >= 11 is 0. The third kappa shape index (κ3) is 4.92. The molecule has 0 saturated carbocycles. The van der Waals surface area contributed by atoms with Crippen molar-refractivity contribution in [2.45, 2.75) is 46.5 Å². The Kier molecular flexibility index (Phi) is 5.28. The number of carbonyl (C=O) groups excluding carboxylic acids is 1. The summed E-state index contributed by atoms with van der Waals surface area (Å²) in [5, 5.41) is 9.66. The minimum atomic E-state index is -0.248. The Morgan fingerprint density at radius 1 is 1.30 bits per heavy atom. The van der Waals surface area contributed by atoms with Crippen molar-refractivity contribution >= 4 is 5.91 Å². The molecular formula is C14H26N4O2. The van der Waals surface area contributed by atoms with Crippen molar-refractivity contribution in [1.82, 2.24) is 20.5 Å². The van der Waals surface area contributed by atoms with E-state index in [9.17, 15) is 4.79 Å². The van der Waals surface area contributed by atoms with Gasteiger partial charge in [-0.05, 0) is 11.8 Å². The molecule has 114 valence electrons. The first-order valence-electron chi connectivity index (χ1n) is 6.86. The highest BCUT2D eigenvalue weighted by molar-refractivity contribution is 5.90. The lowest BCUT2D eigenvalue weighted by atomic mass is 9.90. The molecule has 0 atom stereocenters. The van der Waals surface area contributed by atoms with E-state index in [4.69, 9.17) is 4.74 Å². The van der Waals surface area contributed by atoms with Crippen LogP contribution >= 0.6 is 0 Å². The summed E-state index contributed by atoms with van der Waals surface area (Å²) in [4.78, 5) is 16.3. The minimum Gasteiger partial charge on any atom is -0.385 e. The second-order valence-electron chi connectivity index (χ2n) is 6.85. The summed E-state index contributed by atoms with van der Waals surface area (Å²) in [6, 6.07) is 0. The lowest BCUT2D eigenvalue weighted by molar-refractivity contribution is 0.0911. The molecule has 0 fully saturated rings. The van der Waals surface area contributed by atoms with Gasteiger partial charge in [0, 0.05) is 25.7 Å². The van der Waals surface area contributed by atoms with Crippen LogP contribution in [-0.4, -0.2) is 41.3 Å². The van der Waals surface area contributed by atoms with Crippen LogP contribution in [0.5, 0.6) is 0 Å². The van der Waals surface area contributed by atoms with Crippen LogP contribution in [-0.2, 0) is 10.2 Å². The lowest BCUT2D eigenvalue weighted by Gasteiger charge is -2.24. The van der Waals surface area contributed by atoms with E-state index in [1.165, 1.54) is 0 Å². The second-order valence-corrected chi connectivity index (χ2v) is 6.85. The van der Waals surface area contributed by atoms with Crippen molar-refractivity contribution in [3.8, 4) is 0 Å². The van der Waals surface area contributed by atoms with Crippen molar-refractivity contribution in [3.05, 3.63) is 11.6 Å². The molecule has 1 heterocycles. The van der Waals surface area contributed by atoms with Crippen molar-refractivity contribution in [2.75, 3.05) is 20.3 Å². The summed E-state index contributed by atoms with van der Waals surface area (Å²) in [5.41, 5.74) is -0.169. The van der Waals surface area contributed by atoms with Crippen LogP contribution in [0.4, 0.5) is 0 Å². The van der Waals surface area contributed by atoms with Gasteiger partial charge in [0.2, 0.25) is 5.82 Å². The molecule has 0 radical (unpaired) electrons. The Balaban J connectivity index is 2.57. The van der Waals surface area contributed by atoms with Crippen LogP contribution in [0.3, 0.4) is 0 Å². The van der Waals surface area contributed by atoms with Crippen LogP contribution in [0, 0.1) is 5.41 Å². The third-order valence-electron chi connectivity index (χ3n) is 3.11. The highest BCUT2D eigenvalue weighted by Gasteiger charge is 2.23. The molecule has 6 heteroatoms. The van der Waals surface area contributed by atoms with Gasteiger partial charge in [-0.15, -0.1) is 5.10 Å². The van der Waals surface area contributed by atoms with Crippen LogP contribution in [0.1, 0.15) is 57.5 Å². The van der Waals surface area contributed by atoms with Crippen LogP contribution in [0.15, 0.2) is 0 Å². The highest BCUT2D eigenvalue weighted by Crippen LogP contribution is 2.19. The van der Waals surface area contributed by atoms with Gasteiger partial charge in [0.05, 0.1) is 0 Å². The molecule has 1 aromatic heterocycles. The molecule has 20 heavy (non-hydrogen) atoms. The predicted octanol–water partition coefficient (Wildman–Crippen LogP) is 1.89. The van der Waals surface area contributed by atoms with Crippen molar-refractivity contribution in [2.24, 2.45) is 5.41 Å². The maximum atomic E-state index is 12.0. The molecule has 0 saturated heterocycles. The molecule has 1 rings (SSSR count). The molecule has 0 bridgehead atoms. The van der Waals surface area contributed by atoms with Gasteiger partial charge in [-0.3, -0.25) is 9.89 Å². The van der Waals surface area contributed by atoms with Crippen LogP contribution < -0.4 is 5.32 Å². The second kappa shape index (κ2) is 6.35. The first-order chi connectivity index (χ1) is 9.15. The van der Waals surface area contributed by atoms with Crippen molar-refractivity contribution < 1.29 is 9.53 Å². The first kappa shape index (κ1) is 16.6. The van der Waals surface area contributed by atoms with E-state index in [0.29, 0.717) is 19.0 Å². The van der Waals surface area contributed by atoms with Gasteiger partial charge >= 0.3 is 0 Å². The molecule has 0 aliphatic carbocycles. The fraction of sp³-hybridized carbons (Fsp3) is 0.786. The number of amides is 1. The summed E-state index contributed by atoms with van der Waals surface area (Å²) in [7, 11) is 1.68. The number of hydrogen-bond acceptors (Lipinski definition) is 4. The third-order valence-corrected chi connectivity index (χ3v) is 3.11. The normalized spacial score (nSPS) is 12.5. The molecule has 0 aliphatic rings. The van der Waals surface area contributed by atoms with E-state index in [1.54, 1.807) is 7.11 Å². The fourth-order valence-corrected chi connectivity index (χ4v) is 1.56. The highest BCUT2D eigenvalue weighted by atomic mass is 16.5. The van der Waals surface area contributed by atoms with Gasteiger partial charge in [0.1, 0.15) is 5.82 Å². The molecule has 0 unspecified atom stereocenters. The van der Waals surface area contributed by atoms with Gasteiger partial charge in [-0.25, -0.2) is 4.98 Å². The summed E-state index contributed by atoms with van der Waals surface area (Å²) in [6.07, 6.45) is 0.880. The molecule has 1 aromatic rings. The molecule has 1 amide bonds. The number of aromatic nitrogens is 3. The number of rotatable bonds is 6. The van der Waals surface area contributed by atoms with Gasteiger partial charge in [0.25, 0.3) is 5.91 Å². The number of hydrogen-bond donors (Lipinski definition) is 2. The summed E-state index contributed by atoms with van der Waals surface area (Å²) < 4.78 is 5.07. The SMILES string of the molecule is COCCC(C)(C)CNC(=O)c1n[nH]c(C(C)(C)C)n1. The molecule has 2 N–H and O–H groups in total. The average molecular weight is 282 g/mol. The lowest BCUT2D eigenvalue weighted by Crippen LogP contribution is -2.35. The molecule has 0 aliphatic heterocycles. The van der Waals surface area contributed by atoms with E-state index in [1.807, 2.05) is 20.8 Å². The number of aromatic amines is 1. The van der Waals surface area contributed by atoms with E-state index < -0.39 is 0 Å². The molecule has 0 aromatic carbocycles. The Labute approximate surface area is 120 Å². The minimum absolute atomic E-state index is 0.0190. The van der Waals surface area contributed by atoms with Gasteiger partial charge in [-0.2, -0.15) is 0 Å². The molecular weight excluding hydrogens is 256 g/mol. The van der Waals surface area contributed by atoms with Crippen molar-refractivity contribution in [3.63, 3.8) is 0 Å². The number of methoxy groups -OCH3 is 1.